The second-order valence-electron chi connectivity index (χ2n) is 2.96. The molecule has 15 heavy (non-hydrogen) atoms. The molecule has 0 aliphatic carbocycles. The van der Waals surface area contributed by atoms with Gasteiger partial charge in [0.15, 0.2) is 11.6 Å². The van der Waals surface area contributed by atoms with Crippen LogP contribution in [-0.4, -0.2) is 18.3 Å². The minimum atomic E-state index is -0.947. The Morgan fingerprint density at radius 2 is 2.07 bits per heavy atom. The Bertz CT molecular complexity index is 357. The maximum Gasteiger partial charge on any atom is 0.224 e. The maximum atomic E-state index is 12.8. The Balaban J connectivity index is 2.57. The zero-order chi connectivity index (χ0) is 11.3. The predicted molar refractivity (Wildman–Crippen MR) is 53.8 cm³/mol. The molecule has 0 radical (unpaired) electrons. The van der Waals surface area contributed by atoms with Crippen molar-refractivity contribution < 1.29 is 13.6 Å². The predicted octanol–water partition coefficient (Wildman–Crippen LogP) is 1.86. The van der Waals surface area contributed by atoms with E-state index in [2.05, 4.69) is 5.32 Å². The summed E-state index contributed by atoms with van der Waals surface area (Å²) in [5.41, 5.74) is 0.431. The molecule has 0 spiro atoms. The van der Waals surface area contributed by atoms with Crippen molar-refractivity contribution in [3.05, 3.63) is 35.4 Å². The van der Waals surface area contributed by atoms with E-state index in [-0.39, 0.29) is 12.3 Å². The standard InChI is InChI=1S/C10H10ClF2NO/c11-3-4-14-10(15)6-7-1-2-8(12)9(13)5-7/h1-2,5H,3-4,6H2,(H,14,15). The third kappa shape index (κ3) is 3.83. The van der Waals surface area contributed by atoms with Crippen molar-refractivity contribution in [2.75, 3.05) is 12.4 Å². The summed E-state index contributed by atoms with van der Waals surface area (Å²) >= 11 is 5.37. The molecule has 1 N–H and O–H groups in total. The van der Waals surface area contributed by atoms with E-state index in [0.29, 0.717) is 18.0 Å². The number of rotatable bonds is 4. The highest BCUT2D eigenvalue weighted by Gasteiger charge is 2.06. The molecule has 5 heteroatoms. The van der Waals surface area contributed by atoms with Crippen molar-refractivity contribution in [3.8, 4) is 0 Å². The SMILES string of the molecule is O=C(Cc1ccc(F)c(F)c1)NCCCl. The first-order valence-corrected chi connectivity index (χ1v) is 4.93. The Morgan fingerprint density at radius 1 is 1.33 bits per heavy atom. The highest BCUT2D eigenvalue weighted by atomic mass is 35.5. The van der Waals surface area contributed by atoms with Gasteiger partial charge in [-0.05, 0) is 17.7 Å². The molecule has 0 bridgehead atoms. The monoisotopic (exact) mass is 233 g/mol. The average Bonchev–Trinajstić information content (AvgIpc) is 2.20. The van der Waals surface area contributed by atoms with Gasteiger partial charge in [-0.3, -0.25) is 4.79 Å². The van der Waals surface area contributed by atoms with Gasteiger partial charge in [0.1, 0.15) is 0 Å². The lowest BCUT2D eigenvalue weighted by atomic mass is 10.1. The van der Waals surface area contributed by atoms with Crippen LogP contribution in [0.4, 0.5) is 8.78 Å². The van der Waals surface area contributed by atoms with E-state index in [1.165, 1.54) is 6.07 Å². The molecule has 0 fully saturated rings. The van der Waals surface area contributed by atoms with E-state index in [1.54, 1.807) is 0 Å². The van der Waals surface area contributed by atoms with Gasteiger partial charge in [-0.1, -0.05) is 6.07 Å². The van der Waals surface area contributed by atoms with Crippen molar-refractivity contribution in [1.29, 1.82) is 0 Å². The fraction of sp³-hybridized carbons (Fsp3) is 0.300. The molecule has 1 aromatic carbocycles. The fourth-order valence-corrected chi connectivity index (χ4v) is 1.18. The molecule has 0 saturated heterocycles. The molecule has 0 saturated carbocycles. The molecule has 82 valence electrons. The van der Waals surface area contributed by atoms with Crippen LogP contribution in [0.25, 0.3) is 0 Å². The van der Waals surface area contributed by atoms with Gasteiger partial charge in [0.05, 0.1) is 6.42 Å². The molecular formula is C10H10ClF2NO. The first-order valence-electron chi connectivity index (χ1n) is 4.40. The highest BCUT2D eigenvalue weighted by molar-refractivity contribution is 6.18. The van der Waals surface area contributed by atoms with Crippen LogP contribution in [0, 0.1) is 11.6 Å². The molecule has 0 aliphatic heterocycles. The van der Waals surface area contributed by atoms with E-state index in [0.717, 1.165) is 12.1 Å². The van der Waals surface area contributed by atoms with E-state index < -0.39 is 11.6 Å². The first kappa shape index (κ1) is 11.9. The van der Waals surface area contributed by atoms with Crippen molar-refractivity contribution in [3.63, 3.8) is 0 Å². The van der Waals surface area contributed by atoms with E-state index in [1.807, 2.05) is 0 Å². The summed E-state index contributed by atoms with van der Waals surface area (Å²) in [7, 11) is 0. The molecule has 1 amide bonds. The number of amides is 1. The minimum Gasteiger partial charge on any atom is -0.355 e. The van der Waals surface area contributed by atoms with Crippen molar-refractivity contribution in [2.45, 2.75) is 6.42 Å². The Kier molecular flexibility index (Phi) is 4.49. The molecule has 0 unspecified atom stereocenters. The van der Waals surface area contributed by atoms with Crippen molar-refractivity contribution >= 4 is 17.5 Å². The van der Waals surface area contributed by atoms with Crippen LogP contribution < -0.4 is 5.32 Å². The largest absolute Gasteiger partial charge is 0.355 e. The van der Waals surface area contributed by atoms with Crippen molar-refractivity contribution in [2.24, 2.45) is 0 Å². The quantitative estimate of drug-likeness (QED) is 0.791. The summed E-state index contributed by atoms with van der Waals surface area (Å²) in [5.74, 6) is -1.80. The molecule has 1 rings (SSSR count). The molecule has 1 aromatic rings. The summed E-state index contributed by atoms with van der Waals surface area (Å²) in [6.45, 7) is 0.365. The first-order chi connectivity index (χ1) is 7.13. The molecular weight excluding hydrogens is 224 g/mol. The van der Waals surface area contributed by atoms with Gasteiger partial charge in [-0.2, -0.15) is 0 Å². The lowest BCUT2D eigenvalue weighted by Gasteiger charge is -2.03. The normalized spacial score (nSPS) is 10.1. The highest BCUT2D eigenvalue weighted by Crippen LogP contribution is 2.08. The molecule has 0 heterocycles. The average molecular weight is 234 g/mol. The number of carbonyl (C=O) groups is 1. The van der Waals surface area contributed by atoms with Crippen LogP contribution in [0.15, 0.2) is 18.2 Å². The Labute approximate surface area is 91.2 Å². The van der Waals surface area contributed by atoms with Gasteiger partial charge in [-0.25, -0.2) is 8.78 Å². The molecule has 0 atom stereocenters. The number of benzene rings is 1. The Hall–Kier alpha value is -1.16. The topological polar surface area (TPSA) is 29.1 Å². The number of hydrogen-bond donors (Lipinski definition) is 1. The van der Waals surface area contributed by atoms with Gasteiger partial charge in [0.2, 0.25) is 5.91 Å². The van der Waals surface area contributed by atoms with E-state index >= 15 is 0 Å². The van der Waals surface area contributed by atoms with Crippen molar-refractivity contribution in [1.82, 2.24) is 5.32 Å². The lowest BCUT2D eigenvalue weighted by molar-refractivity contribution is -0.120. The number of carbonyl (C=O) groups excluding carboxylic acids is 1. The smallest absolute Gasteiger partial charge is 0.224 e. The lowest BCUT2D eigenvalue weighted by Crippen LogP contribution is -2.26. The second-order valence-corrected chi connectivity index (χ2v) is 3.34. The number of halogens is 3. The third-order valence-electron chi connectivity index (χ3n) is 1.77. The summed E-state index contributed by atoms with van der Waals surface area (Å²) in [6.07, 6.45) is 0.0219. The van der Waals surface area contributed by atoms with Gasteiger partial charge >= 0.3 is 0 Å². The summed E-state index contributed by atoms with van der Waals surface area (Å²) in [4.78, 5) is 11.2. The third-order valence-corrected chi connectivity index (χ3v) is 1.95. The zero-order valence-corrected chi connectivity index (χ0v) is 8.65. The van der Waals surface area contributed by atoms with Gasteiger partial charge < -0.3 is 5.32 Å². The van der Waals surface area contributed by atoms with Crippen LogP contribution in [0.2, 0.25) is 0 Å². The van der Waals surface area contributed by atoms with Crippen LogP contribution in [-0.2, 0) is 11.2 Å². The minimum absolute atomic E-state index is 0.0219. The number of nitrogens with one attached hydrogen (secondary N) is 1. The Morgan fingerprint density at radius 3 is 2.67 bits per heavy atom. The van der Waals surface area contributed by atoms with E-state index in [9.17, 15) is 13.6 Å². The molecule has 0 aliphatic rings. The number of alkyl halides is 1. The van der Waals surface area contributed by atoms with Crippen LogP contribution in [0.3, 0.4) is 0 Å². The molecule has 0 aromatic heterocycles. The summed E-state index contributed by atoms with van der Waals surface area (Å²) in [5, 5.41) is 2.53. The van der Waals surface area contributed by atoms with E-state index in [4.69, 9.17) is 11.6 Å². The molecule has 2 nitrogen and oxygen atoms in total. The van der Waals surface area contributed by atoms with Gasteiger partial charge in [0, 0.05) is 12.4 Å². The summed E-state index contributed by atoms with van der Waals surface area (Å²) < 4.78 is 25.3. The summed E-state index contributed by atoms with van der Waals surface area (Å²) in [6, 6.07) is 3.38. The number of hydrogen-bond acceptors (Lipinski definition) is 1. The van der Waals surface area contributed by atoms with Crippen LogP contribution >= 0.6 is 11.6 Å². The maximum absolute atomic E-state index is 12.8. The van der Waals surface area contributed by atoms with Gasteiger partial charge in [0.25, 0.3) is 0 Å². The van der Waals surface area contributed by atoms with Gasteiger partial charge in [-0.15, -0.1) is 11.6 Å². The second kappa shape index (κ2) is 5.66. The fourth-order valence-electron chi connectivity index (χ4n) is 1.08. The van der Waals surface area contributed by atoms with Crippen LogP contribution in [0.5, 0.6) is 0 Å². The van der Waals surface area contributed by atoms with Crippen LogP contribution in [0.1, 0.15) is 5.56 Å². The zero-order valence-electron chi connectivity index (χ0n) is 7.90.